The lowest BCUT2D eigenvalue weighted by Gasteiger charge is -2.41. The molecule has 0 rings (SSSR count). The Labute approximate surface area is 154 Å². The lowest BCUT2D eigenvalue weighted by molar-refractivity contribution is -0.158. The van der Waals surface area contributed by atoms with E-state index in [1.54, 1.807) is 20.8 Å². The number of carbonyl (C=O) groups excluding carboxylic acids is 2. The van der Waals surface area contributed by atoms with Gasteiger partial charge in [0.2, 0.25) is 0 Å². The van der Waals surface area contributed by atoms with Crippen molar-refractivity contribution in [3.8, 4) is 0 Å². The first-order chi connectivity index (χ1) is 11.0. The Kier molecular flexibility index (Phi) is 8.26. The summed E-state index contributed by atoms with van der Waals surface area (Å²) in [7, 11) is -0.696. The molecule has 0 heterocycles. The highest BCUT2D eigenvalue weighted by molar-refractivity contribution is 6.74. The van der Waals surface area contributed by atoms with Gasteiger partial charge < -0.3 is 13.9 Å². The van der Waals surface area contributed by atoms with E-state index >= 15 is 0 Å². The van der Waals surface area contributed by atoms with Crippen molar-refractivity contribution in [3.63, 3.8) is 0 Å². The van der Waals surface area contributed by atoms with E-state index in [1.165, 1.54) is 7.11 Å². The van der Waals surface area contributed by atoms with Gasteiger partial charge in [-0.2, -0.15) is 0 Å². The fourth-order valence-electron chi connectivity index (χ4n) is 1.96. The van der Waals surface area contributed by atoms with Crippen LogP contribution in [0.4, 0.5) is 0 Å². The van der Waals surface area contributed by atoms with E-state index in [-0.39, 0.29) is 17.2 Å². The Morgan fingerprint density at radius 2 is 1.52 bits per heavy atom. The van der Waals surface area contributed by atoms with Crippen LogP contribution in [0.5, 0.6) is 0 Å². The van der Waals surface area contributed by atoms with Crippen LogP contribution in [-0.4, -0.2) is 45.0 Å². The first kappa shape index (κ1) is 24.0. The number of methoxy groups -OCH3 is 1. The molecule has 146 valence electrons. The van der Waals surface area contributed by atoms with Crippen LogP contribution in [0.3, 0.4) is 0 Å². The molecule has 0 aliphatic heterocycles. The fraction of sp³-hybridized carbons (Fsp3) is 0.789. The molecular formula is C19H36O5Si. The van der Waals surface area contributed by atoms with Gasteiger partial charge in [-0.15, -0.1) is 0 Å². The molecule has 0 aromatic heterocycles. The van der Waals surface area contributed by atoms with Gasteiger partial charge in [-0.05, 0) is 45.8 Å². The van der Waals surface area contributed by atoms with E-state index in [4.69, 9.17) is 13.9 Å². The molecule has 0 aliphatic carbocycles. The zero-order chi connectivity index (χ0) is 20.2. The highest BCUT2D eigenvalue weighted by atomic mass is 28.4. The van der Waals surface area contributed by atoms with Crippen LogP contribution in [0, 0.1) is 0 Å². The number of hydrogen-bond donors (Lipinski definition) is 0. The molecule has 0 N–H and O–H groups in total. The van der Waals surface area contributed by atoms with E-state index in [1.807, 2.05) is 6.92 Å². The Hall–Kier alpha value is -0.983. The number of hydrogen-bond acceptors (Lipinski definition) is 5. The number of rotatable bonds is 8. The number of ether oxygens (including phenoxy) is 2. The smallest absolute Gasteiger partial charge is 0.313 e. The van der Waals surface area contributed by atoms with Crippen LogP contribution in [0.1, 0.15) is 54.9 Å². The molecule has 6 heteroatoms. The maximum atomic E-state index is 12.6. The van der Waals surface area contributed by atoms with Crippen LogP contribution in [-0.2, 0) is 23.5 Å². The van der Waals surface area contributed by atoms with Crippen molar-refractivity contribution < 1.29 is 23.5 Å². The largest absolute Gasteiger partial charge is 0.460 e. The van der Waals surface area contributed by atoms with Crippen molar-refractivity contribution >= 4 is 20.1 Å². The number of esters is 1. The van der Waals surface area contributed by atoms with Crippen molar-refractivity contribution in [1.82, 2.24) is 0 Å². The lowest BCUT2D eigenvalue weighted by Crippen LogP contribution is -2.50. The predicted molar refractivity (Wildman–Crippen MR) is 103 cm³/mol. The third-order valence-corrected chi connectivity index (χ3v) is 8.75. The monoisotopic (exact) mass is 372 g/mol. The number of carbonyl (C=O) groups is 2. The zero-order valence-electron chi connectivity index (χ0n) is 17.6. The zero-order valence-corrected chi connectivity index (χ0v) is 18.6. The van der Waals surface area contributed by atoms with Gasteiger partial charge in [-0.25, -0.2) is 0 Å². The fourth-order valence-corrected chi connectivity index (χ4v) is 3.27. The summed E-state index contributed by atoms with van der Waals surface area (Å²) in [5, 5.41) is -0.0206. The summed E-state index contributed by atoms with van der Waals surface area (Å²) >= 11 is 0. The van der Waals surface area contributed by atoms with Crippen molar-refractivity contribution in [3.05, 3.63) is 12.2 Å². The van der Waals surface area contributed by atoms with Crippen LogP contribution >= 0.6 is 0 Å². The Morgan fingerprint density at radius 1 is 1.04 bits per heavy atom. The van der Waals surface area contributed by atoms with Gasteiger partial charge in [0.1, 0.15) is 18.1 Å². The summed E-state index contributed by atoms with van der Waals surface area (Å²) in [5.41, 5.74) is 0.0694. The third kappa shape index (κ3) is 7.84. The topological polar surface area (TPSA) is 61.8 Å². The molecule has 0 saturated heterocycles. The summed E-state index contributed by atoms with van der Waals surface area (Å²) < 4.78 is 17.0. The van der Waals surface area contributed by atoms with E-state index < -0.39 is 32.1 Å². The van der Waals surface area contributed by atoms with Crippen molar-refractivity contribution in [1.29, 1.82) is 0 Å². The standard InChI is InChI=1S/C19H36O5Si/c1-13(2)16(24-25(10,11)19(6,7)8)17(22-9)14(20)12-15(21)23-18(3,4)5/h16-17H,1,12H2,2-11H3/t16-,17-/m0/s1. The summed E-state index contributed by atoms with van der Waals surface area (Å²) in [6.07, 6.45) is -1.81. The number of ketones is 1. The minimum Gasteiger partial charge on any atom is -0.460 e. The molecule has 5 nitrogen and oxygen atoms in total. The van der Waals surface area contributed by atoms with Crippen LogP contribution < -0.4 is 0 Å². The molecule has 0 radical (unpaired) electrons. The van der Waals surface area contributed by atoms with Gasteiger partial charge >= 0.3 is 5.97 Å². The molecule has 25 heavy (non-hydrogen) atoms. The second kappa shape index (κ2) is 8.60. The van der Waals surface area contributed by atoms with Gasteiger partial charge in [0.05, 0.1) is 6.10 Å². The van der Waals surface area contributed by atoms with Crippen LogP contribution in [0.2, 0.25) is 18.1 Å². The quantitative estimate of drug-likeness (QED) is 0.276. The Morgan fingerprint density at radius 3 is 1.84 bits per heavy atom. The molecule has 0 spiro atoms. The predicted octanol–water partition coefficient (Wildman–Crippen LogP) is 4.27. The second-order valence-electron chi connectivity index (χ2n) is 9.03. The maximum Gasteiger partial charge on any atom is 0.313 e. The van der Waals surface area contributed by atoms with Gasteiger partial charge in [-0.1, -0.05) is 32.9 Å². The normalized spacial score (nSPS) is 15.4. The second-order valence-corrected chi connectivity index (χ2v) is 13.8. The molecular weight excluding hydrogens is 336 g/mol. The summed E-state index contributed by atoms with van der Waals surface area (Å²) in [5.74, 6) is -0.921. The molecule has 2 atom stereocenters. The molecule has 0 bridgehead atoms. The van der Waals surface area contributed by atoms with E-state index in [0.29, 0.717) is 5.57 Å². The molecule has 0 fully saturated rings. The summed E-state index contributed by atoms with van der Waals surface area (Å²) in [6.45, 7) is 21.6. The van der Waals surface area contributed by atoms with Gasteiger partial charge in [0, 0.05) is 7.11 Å². The maximum absolute atomic E-state index is 12.6. The molecule has 0 unspecified atom stereocenters. The van der Waals surface area contributed by atoms with Gasteiger partial charge in [-0.3, -0.25) is 9.59 Å². The summed E-state index contributed by atoms with van der Waals surface area (Å²) in [4.78, 5) is 24.6. The van der Waals surface area contributed by atoms with Gasteiger partial charge in [0.15, 0.2) is 14.1 Å². The Bertz CT molecular complexity index is 497. The summed E-state index contributed by atoms with van der Waals surface area (Å²) in [6, 6.07) is 0. The molecule has 0 aliphatic rings. The van der Waals surface area contributed by atoms with Crippen molar-refractivity contribution in [2.75, 3.05) is 7.11 Å². The Balaban J connectivity index is 5.32. The average molecular weight is 373 g/mol. The molecule has 0 saturated carbocycles. The minimum atomic E-state index is -2.14. The first-order valence-corrected chi connectivity index (χ1v) is 11.5. The minimum absolute atomic E-state index is 0.0206. The van der Waals surface area contributed by atoms with Crippen LogP contribution in [0.15, 0.2) is 12.2 Å². The molecule has 0 amide bonds. The van der Waals surface area contributed by atoms with E-state index in [2.05, 4.69) is 40.4 Å². The van der Waals surface area contributed by atoms with Crippen molar-refractivity contribution in [2.45, 2.75) is 90.8 Å². The first-order valence-electron chi connectivity index (χ1n) is 8.62. The SMILES string of the molecule is C=C(C)[C@H](O[Si](C)(C)C(C)(C)C)[C@@H](OC)C(=O)CC(=O)OC(C)(C)C. The van der Waals surface area contributed by atoms with Crippen LogP contribution in [0.25, 0.3) is 0 Å². The third-order valence-electron chi connectivity index (χ3n) is 4.30. The van der Waals surface area contributed by atoms with Gasteiger partial charge in [0.25, 0.3) is 0 Å². The van der Waals surface area contributed by atoms with E-state index in [0.717, 1.165) is 0 Å². The number of Topliss-reactive ketones (excluding diaryl/α,β-unsaturated/α-hetero) is 1. The molecule has 0 aromatic carbocycles. The highest BCUT2D eigenvalue weighted by Gasteiger charge is 2.42. The average Bonchev–Trinajstić information content (AvgIpc) is 2.33. The highest BCUT2D eigenvalue weighted by Crippen LogP contribution is 2.38. The van der Waals surface area contributed by atoms with E-state index in [9.17, 15) is 9.59 Å². The molecule has 0 aromatic rings. The lowest BCUT2D eigenvalue weighted by atomic mass is 10.0. The van der Waals surface area contributed by atoms with Crippen molar-refractivity contribution in [2.24, 2.45) is 0 Å².